The number of rotatable bonds is 5. The molecule has 2 saturated heterocycles. The summed E-state index contributed by atoms with van der Waals surface area (Å²) in [5.74, 6) is 0. The average Bonchev–Trinajstić information content (AvgIpc) is 3.37. The molecule has 0 bridgehead atoms. The van der Waals surface area contributed by atoms with Gasteiger partial charge in [0.2, 0.25) is 0 Å². The Balaban J connectivity index is 1.38. The molecule has 0 spiro atoms. The topological polar surface area (TPSA) is 60.0 Å². The highest BCUT2D eigenvalue weighted by Crippen LogP contribution is 2.49. The first-order valence-electron chi connectivity index (χ1n) is 10.4. The monoisotopic (exact) mass is 416 g/mol. The van der Waals surface area contributed by atoms with Crippen molar-refractivity contribution in [3.63, 3.8) is 0 Å². The molecule has 0 aromatic heterocycles. The number of hydrogen-bond acceptors (Lipinski definition) is 5. The number of fused-ring (bicyclic) bond motifs is 1. The van der Waals surface area contributed by atoms with E-state index in [0.717, 1.165) is 11.1 Å². The largest absolute Gasteiger partial charge is 0.447 e. The van der Waals surface area contributed by atoms with E-state index in [-0.39, 0.29) is 19.1 Å². The number of ether oxygens (including phenoxy) is 3. The van der Waals surface area contributed by atoms with Crippen molar-refractivity contribution < 1.29 is 19.0 Å². The summed E-state index contributed by atoms with van der Waals surface area (Å²) in [4.78, 5) is 14.6. The molecule has 2 heterocycles. The molecule has 2 fully saturated rings. The van der Waals surface area contributed by atoms with Crippen LogP contribution in [-0.2, 0) is 14.2 Å². The predicted molar refractivity (Wildman–Crippen MR) is 116 cm³/mol. The molecule has 0 unspecified atom stereocenters. The van der Waals surface area contributed by atoms with Crippen LogP contribution in [0.4, 0.5) is 10.5 Å². The minimum atomic E-state index is -0.560. The number of hydrogen-bond donors (Lipinski definition) is 1. The van der Waals surface area contributed by atoms with Gasteiger partial charge >= 0.3 is 6.09 Å². The van der Waals surface area contributed by atoms with E-state index in [2.05, 4.69) is 10.2 Å². The minimum Gasteiger partial charge on any atom is -0.447 e. The number of nitrogens with one attached hydrogen (secondary N) is 1. The SMILES string of the molecule is O=C(Nc1ccccc1)OCC12CO[C@@H](c3ccccc3)N1[C@H](c1ccccc1)OC2. The van der Waals surface area contributed by atoms with E-state index in [9.17, 15) is 4.79 Å². The van der Waals surface area contributed by atoms with Gasteiger partial charge in [-0.05, 0) is 23.3 Å². The maximum Gasteiger partial charge on any atom is 0.411 e. The highest BCUT2D eigenvalue weighted by Gasteiger charge is 2.57. The van der Waals surface area contributed by atoms with Crippen molar-refractivity contribution >= 4 is 11.8 Å². The first-order valence-corrected chi connectivity index (χ1v) is 10.4. The fraction of sp³-hybridized carbons (Fsp3) is 0.240. The fourth-order valence-corrected chi connectivity index (χ4v) is 4.22. The van der Waals surface area contributed by atoms with E-state index >= 15 is 0 Å². The Labute approximate surface area is 181 Å². The molecule has 6 nitrogen and oxygen atoms in total. The molecule has 31 heavy (non-hydrogen) atoms. The van der Waals surface area contributed by atoms with E-state index in [1.165, 1.54) is 0 Å². The molecule has 3 aromatic carbocycles. The molecule has 0 saturated carbocycles. The number of nitrogens with zero attached hydrogens (tertiary/aromatic N) is 1. The molecule has 5 rings (SSSR count). The summed E-state index contributed by atoms with van der Waals surface area (Å²) in [6.45, 7) is 0.987. The van der Waals surface area contributed by atoms with Crippen molar-refractivity contribution in [2.45, 2.75) is 18.0 Å². The van der Waals surface area contributed by atoms with Crippen molar-refractivity contribution in [1.29, 1.82) is 0 Å². The molecule has 1 N–H and O–H groups in total. The summed E-state index contributed by atoms with van der Waals surface area (Å²) in [5, 5.41) is 2.77. The Kier molecular flexibility index (Phi) is 5.42. The van der Waals surface area contributed by atoms with Crippen molar-refractivity contribution in [3.05, 3.63) is 102 Å². The van der Waals surface area contributed by atoms with Crippen LogP contribution in [-0.4, -0.2) is 36.4 Å². The predicted octanol–water partition coefficient (Wildman–Crippen LogP) is 4.73. The van der Waals surface area contributed by atoms with Crippen LogP contribution in [0, 0.1) is 0 Å². The van der Waals surface area contributed by atoms with Crippen molar-refractivity contribution in [1.82, 2.24) is 4.90 Å². The third kappa shape index (κ3) is 3.93. The van der Waals surface area contributed by atoms with Crippen molar-refractivity contribution in [3.8, 4) is 0 Å². The standard InChI is InChI=1S/C25H24N2O4/c28-24(26-21-14-8-3-9-15-21)31-18-25-16-29-22(19-10-4-1-5-11-19)27(25)23(30-17-25)20-12-6-2-7-13-20/h1-15,22-23H,16-18H2,(H,26,28)/t22-,23-/m0/s1. The summed E-state index contributed by atoms with van der Waals surface area (Å²) in [6, 6.07) is 29.4. The van der Waals surface area contributed by atoms with Gasteiger partial charge in [-0.15, -0.1) is 0 Å². The molecular weight excluding hydrogens is 392 g/mol. The van der Waals surface area contributed by atoms with Gasteiger partial charge < -0.3 is 14.2 Å². The quantitative estimate of drug-likeness (QED) is 0.651. The van der Waals surface area contributed by atoms with Crippen LogP contribution < -0.4 is 5.32 Å². The third-order valence-electron chi connectivity index (χ3n) is 5.73. The van der Waals surface area contributed by atoms with Crippen LogP contribution in [0.25, 0.3) is 0 Å². The summed E-state index contributed by atoms with van der Waals surface area (Å²) >= 11 is 0. The van der Waals surface area contributed by atoms with Gasteiger partial charge in [-0.25, -0.2) is 9.69 Å². The Morgan fingerprint density at radius 2 is 1.32 bits per heavy atom. The normalized spacial score (nSPS) is 22.1. The first kappa shape index (κ1) is 19.8. The summed E-state index contributed by atoms with van der Waals surface area (Å²) in [6.07, 6.45) is -1.06. The van der Waals surface area contributed by atoms with Crippen LogP contribution in [0.5, 0.6) is 0 Å². The number of para-hydroxylation sites is 1. The molecule has 158 valence electrons. The second-order valence-corrected chi connectivity index (χ2v) is 7.85. The van der Waals surface area contributed by atoms with Crippen molar-refractivity contribution in [2.75, 3.05) is 25.1 Å². The number of anilines is 1. The highest BCUT2D eigenvalue weighted by atomic mass is 16.6. The fourth-order valence-electron chi connectivity index (χ4n) is 4.22. The zero-order valence-electron chi connectivity index (χ0n) is 17.0. The zero-order valence-corrected chi connectivity index (χ0v) is 17.0. The molecular formula is C25H24N2O4. The lowest BCUT2D eigenvalue weighted by atomic mass is 10.0. The van der Waals surface area contributed by atoms with Gasteiger partial charge in [-0.3, -0.25) is 5.32 Å². The summed E-state index contributed by atoms with van der Waals surface area (Å²) in [5.41, 5.74) is 2.22. The third-order valence-corrected chi connectivity index (χ3v) is 5.73. The number of carbonyl (C=O) groups is 1. The zero-order chi connectivity index (χ0) is 21.1. The maximum absolute atomic E-state index is 12.4. The van der Waals surface area contributed by atoms with Gasteiger partial charge in [0.05, 0.1) is 13.2 Å². The van der Waals surface area contributed by atoms with Gasteiger partial charge in [0.1, 0.15) is 24.6 Å². The Hall–Kier alpha value is -3.19. The molecule has 2 aliphatic rings. The van der Waals surface area contributed by atoms with Gasteiger partial charge in [0.15, 0.2) is 0 Å². The second kappa shape index (κ2) is 8.51. The lowest BCUT2D eigenvalue weighted by Crippen LogP contribution is -2.49. The van der Waals surface area contributed by atoms with E-state index < -0.39 is 11.6 Å². The molecule has 2 atom stereocenters. The summed E-state index contributed by atoms with van der Waals surface area (Å²) < 4.78 is 18.1. The molecule has 3 aromatic rings. The van der Waals surface area contributed by atoms with Crippen LogP contribution in [0.3, 0.4) is 0 Å². The van der Waals surface area contributed by atoms with Gasteiger partial charge in [0, 0.05) is 5.69 Å². The van der Waals surface area contributed by atoms with Crippen LogP contribution in [0.2, 0.25) is 0 Å². The molecule has 0 aliphatic carbocycles. The van der Waals surface area contributed by atoms with Crippen molar-refractivity contribution in [2.24, 2.45) is 0 Å². The summed E-state index contributed by atoms with van der Waals surface area (Å²) in [7, 11) is 0. The van der Waals surface area contributed by atoms with Gasteiger partial charge in [-0.2, -0.15) is 0 Å². The minimum absolute atomic E-state index is 0.165. The lowest BCUT2D eigenvalue weighted by molar-refractivity contribution is -0.0631. The highest BCUT2D eigenvalue weighted by molar-refractivity contribution is 5.84. The number of benzene rings is 3. The maximum atomic E-state index is 12.4. The van der Waals surface area contributed by atoms with Crippen LogP contribution in [0.15, 0.2) is 91.0 Å². The lowest BCUT2D eigenvalue weighted by Gasteiger charge is -2.33. The van der Waals surface area contributed by atoms with E-state index in [1.807, 2.05) is 91.0 Å². The Morgan fingerprint density at radius 1 is 0.839 bits per heavy atom. The number of amides is 1. The van der Waals surface area contributed by atoms with Crippen LogP contribution >= 0.6 is 0 Å². The van der Waals surface area contributed by atoms with Crippen LogP contribution in [0.1, 0.15) is 23.6 Å². The van der Waals surface area contributed by atoms with E-state index in [0.29, 0.717) is 18.9 Å². The van der Waals surface area contributed by atoms with Gasteiger partial charge in [-0.1, -0.05) is 78.9 Å². The Bertz CT molecular complexity index is 962. The average molecular weight is 416 g/mol. The van der Waals surface area contributed by atoms with E-state index in [4.69, 9.17) is 14.2 Å². The first-order chi connectivity index (χ1) is 15.3. The van der Waals surface area contributed by atoms with E-state index in [1.54, 1.807) is 0 Å². The number of carbonyl (C=O) groups excluding carboxylic acids is 1. The molecule has 0 radical (unpaired) electrons. The van der Waals surface area contributed by atoms with Gasteiger partial charge in [0.25, 0.3) is 0 Å². The molecule has 2 aliphatic heterocycles. The molecule has 6 heteroatoms. The Morgan fingerprint density at radius 3 is 1.84 bits per heavy atom. The second-order valence-electron chi connectivity index (χ2n) is 7.85. The smallest absolute Gasteiger partial charge is 0.411 e. The molecule has 1 amide bonds.